The summed E-state index contributed by atoms with van der Waals surface area (Å²) in [6.07, 6.45) is 1.58. The van der Waals surface area contributed by atoms with Crippen LogP contribution in [0.25, 0.3) is 0 Å². The van der Waals surface area contributed by atoms with Crippen LogP contribution in [-0.2, 0) is 9.53 Å². The summed E-state index contributed by atoms with van der Waals surface area (Å²) < 4.78 is 10.9. The standard InChI is InChI=1S/C17H26N2O3/c1-5-13(18)11-6-7-15-12(8-11)14(9-17(2,3)22-15)19-16(20)10-21-4/h6-8,13-14H,5,9-10,18H2,1-4H3,(H,19,20). The third-order valence-electron chi connectivity index (χ3n) is 3.97. The number of fused-ring (bicyclic) bond motifs is 1. The molecule has 0 fully saturated rings. The molecule has 0 saturated heterocycles. The largest absolute Gasteiger partial charge is 0.487 e. The molecule has 22 heavy (non-hydrogen) atoms. The molecular weight excluding hydrogens is 280 g/mol. The van der Waals surface area contributed by atoms with Crippen LogP contribution in [0.5, 0.6) is 5.75 Å². The predicted molar refractivity (Wildman–Crippen MR) is 85.7 cm³/mol. The van der Waals surface area contributed by atoms with Gasteiger partial charge in [0.2, 0.25) is 5.91 Å². The number of amides is 1. The first kappa shape index (κ1) is 16.8. The topological polar surface area (TPSA) is 73.6 Å². The van der Waals surface area contributed by atoms with E-state index < -0.39 is 0 Å². The molecule has 0 aliphatic carbocycles. The number of hydrogen-bond acceptors (Lipinski definition) is 4. The van der Waals surface area contributed by atoms with Gasteiger partial charge in [-0.15, -0.1) is 0 Å². The van der Waals surface area contributed by atoms with Crippen LogP contribution in [-0.4, -0.2) is 25.2 Å². The van der Waals surface area contributed by atoms with Crippen LogP contribution in [0.1, 0.15) is 56.8 Å². The van der Waals surface area contributed by atoms with Crippen LogP contribution >= 0.6 is 0 Å². The Bertz CT molecular complexity index is 543. The van der Waals surface area contributed by atoms with Crippen molar-refractivity contribution in [2.45, 2.75) is 51.3 Å². The van der Waals surface area contributed by atoms with Crippen LogP contribution in [0, 0.1) is 0 Å². The molecule has 122 valence electrons. The van der Waals surface area contributed by atoms with Gasteiger partial charge in [0.25, 0.3) is 0 Å². The summed E-state index contributed by atoms with van der Waals surface area (Å²) in [5, 5.41) is 3.03. The van der Waals surface area contributed by atoms with Crippen molar-refractivity contribution in [3.05, 3.63) is 29.3 Å². The number of methoxy groups -OCH3 is 1. The van der Waals surface area contributed by atoms with Gasteiger partial charge in [0, 0.05) is 25.1 Å². The highest BCUT2D eigenvalue weighted by Gasteiger charge is 2.34. The van der Waals surface area contributed by atoms with E-state index in [0.717, 1.165) is 23.3 Å². The molecule has 3 N–H and O–H groups in total. The number of rotatable bonds is 5. The Morgan fingerprint density at radius 3 is 2.91 bits per heavy atom. The van der Waals surface area contributed by atoms with Gasteiger partial charge in [0.05, 0.1) is 6.04 Å². The van der Waals surface area contributed by atoms with E-state index in [0.29, 0.717) is 6.42 Å². The van der Waals surface area contributed by atoms with E-state index >= 15 is 0 Å². The van der Waals surface area contributed by atoms with Gasteiger partial charge in [0.15, 0.2) is 0 Å². The highest BCUT2D eigenvalue weighted by molar-refractivity contribution is 5.77. The summed E-state index contributed by atoms with van der Waals surface area (Å²) in [5.41, 5.74) is 7.86. The Balaban J connectivity index is 2.33. The van der Waals surface area contributed by atoms with Gasteiger partial charge in [-0.1, -0.05) is 13.0 Å². The molecule has 2 unspecified atom stereocenters. The number of nitrogens with one attached hydrogen (secondary N) is 1. The molecule has 0 aromatic heterocycles. The zero-order valence-electron chi connectivity index (χ0n) is 13.8. The second-order valence-corrected chi connectivity index (χ2v) is 6.43. The first-order valence-electron chi connectivity index (χ1n) is 7.73. The van der Waals surface area contributed by atoms with E-state index in [1.165, 1.54) is 7.11 Å². The summed E-state index contributed by atoms with van der Waals surface area (Å²) in [6.45, 7) is 6.16. The lowest BCUT2D eigenvalue weighted by atomic mass is 9.88. The van der Waals surface area contributed by atoms with Crippen LogP contribution in [0.15, 0.2) is 18.2 Å². The van der Waals surface area contributed by atoms with E-state index in [-0.39, 0.29) is 30.2 Å². The monoisotopic (exact) mass is 306 g/mol. The van der Waals surface area contributed by atoms with Crippen LogP contribution in [0.4, 0.5) is 0 Å². The number of benzene rings is 1. The molecule has 2 rings (SSSR count). The van der Waals surface area contributed by atoms with E-state index in [1.54, 1.807) is 0 Å². The van der Waals surface area contributed by atoms with Gasteiger partial charge >= 0.3 is 0 Å². The third-order valence-corrected chi connectivity index (χ3v) is 3.97. The lowest BCUT2D eigenvalue weighted by Crippen LogP contribution is -2.42. The molecular formula is C17H26N2O3. The van der Waals surface area contributed by atoms with E-state index in [1.807, 2.05) is 26.0 Å². The van der Waals surface area contributed by atoms with Crippen molar-refractivity contribution in [1.82, 2.24) is 5.32 Å². The number of carbonyl (C=O) groups is 1. The molecule has 1 aliphatic heterocycles. The van der Waals surface area contributed by atoms with Crippen molar-refractivity contribution >= 4 is 5.91 Å². The Hall–Kier alpha value is -1.59. The maximum Gasteiger partial charge on any atom is 0.246 e. The first-order chi connectivity index (χ1) is 10.4. The molecule has 2 atom stereocenters. The lowest BCUT2D eigenvalue weighted by molar-refractivity contribution is -0.126. The fraction of sp³-hybridized carbons (Fsp3) is 0.588. The van der Waals surface area contributed by atoms with Gasteiger partial charge in [-0.2, -0.15) is 0 Å². The maximum absolute atomic E-state index is 11.9. The molecule has 0 saturated carbocycles. The van der Waals surface area contributed by atoms with Crippen molar-refractivity contribution in [3.8, 4) is 5.75 Å². The van der Waals surface area contributed by atoms with Gasteiger partial charge in [0.1, 0.15) is 18.0 Å². The van der Waals surface area contributed by atoms with Crippen LogP contribution in [0.2, 0.25) is 0 Å². The second-order valence-electron chi connectivity index (χ2n) is 6.43. The second kappa shape index (κ2) is 6.67. The van der Waals surface area contributed by atoms with E-state index in [2.05, 4.69) is 18.3 Å². The average molecular weight is 306 g/mol. The quantitative estimate of drug-likeness (QED) is 0.876. The normalized spacial score (nSPS) is 20.7. The zero-order chi connectivity index (χ0) is 16.3. The highest BCUT2D eigenvalue weighted by atomic mass is 16.5. The van der Waals surface area contributed by atoms with Crippen molar-refractivity contribution in [2.24, 2.45) is 5.73 Å². The van der Waals surface area contributed by atoms with E-state index in [4.69, 9.17) is 15.2 Å². The summed E-state index contributed by atoms with van der Waals surface area (Å²) >= 11 is 0. The number of carbonyl (C=O) groups excluding carboxylic acids is 1. The average Bonchev–Trinajstić information content (AvgIpc) is 2.45. The molecule has 0 bridgehead atoms. The molecule has 0 radical (unpaired) electrons. The number of nitrogens with two attached hydrogens (primary N) is 1. The van der Waals surface area contributed by atoms with Gasteiger partial charge < -0.3 is 20.5 Å². The minimum Gasteiger partial charge on any atom is -0.487 e. The van der Waals surface area contributed by atoms with Gasteiger partial charge in [-0.05, 0) is 38.0 Å². The zero-order valence-corrected chi connectivity index (χ0v) is 13.8. The Morgan fingerprint density at radius 1 is 1.55 bits per heavy atom. The fourth-order valence-corrected chi connectivity index (χ4v) is 2.84. The van der Waals surface area contributed by atoms with E-state index in [9.17, 15) is 4.79 Å². The van der Waals surface area contributed by atoms with Gasteiger partial charge in [-0.3, -0.25) is 4.79 Å². The minimum absolute atomic E-state index is 0.00411. The number of ether oxygens (including phenoxy) is 2. The van der Waals surface area contributed by atoms with Crippen molar-refractivity contribution in [1.29, 1.82) is 0 Å². The van der Waals surface area contributed by atoms with Crippen molar-refractivity contribution in [3.63, 3.8) is 0 Å². The molecule has 1 aromatic carbocycles. The molecule has 5 nitrogen and oxygen atoms in total. The third kappa shape index (κ3) is 3.78. The summed E-state index contributed by atoms with van der Waals surface area (Å²) in [6, 6.07) is 5.91. The predicted octanol–water partition coefficient (Wildman–Crippen LogP) is 2.46. The molecule has 1 heterocycles. The Morgan fingerprint density at radius 2 is 2.27 bits per heavy atom. The lowest BCUT2D eigenvalue weighted by Gasteiger charge is -2.38. The van der Waals surface area contributed by atoms with Crippen LogP contribution < -0.4 is 15.8 Å². The minimum atomic E-state index is -0.327. The summed E-state index contributed by atoms with van der Waals surface area (Å²) in [5.74, 6) is 0.687. The molecule has 1 amide bonds. The van der Waals surface area contributed by atoms with Crippen molar-refractivity contribution in [2.75, 3.05) is 13.7 Å². The Kier molecular flexibility index (Phi) is 5.08. The fourth-order valence-electron chi connectivity index (χ4n) is 2.84. The van der Waals surface area contributed by atoms with Gasteiger partial charge in [-0.25, -0.2) is 0 Å². The maximum atomic E-state index is 11.9. The molecule has 0 spiro atoms. The Labute approximate surface area is 132 Å². The smallest absolute Gasteiger partial charge is 0.246 e. The summed E-state index contributed by atoms with van der Waals surface area (Å²) in [7, 11) is 1.51. The number of hydrogen-bond donors (Lipinski definition) is 2. The van der Waals surface area contributed by atoms with Crippen molar-refractivity contribution < 1.29 is 14.3 Å². The molecule has 5 heteroatoms. The SMILES string of the molecule is CCC(N)c1ccc2c(c1)C(NC(=O)COC)CC(C)(C)O2. The van der Waals surface area contributed by atoms with Crippen LogP contribution in [0.3, 0.4) is 0 Å². The highest BCUT2D eigenvalue weighted by Crippen LogP contribution is 2.40. The summed E-state index contributed by atoms with van der Waals surface area (Å²) in [4.78, 5) is 11.9. The molecule has 1 aromatic rings. The molecule has 1 aliphatic rings. The first-order valence-corrected chi connectivity index (χ1v) is 7.73.